The van der Waals surface area contributed by atoms with Gasteiger partial charge in [-0.2, -0.15) is 0 Å². The minimum Gasteiger partial charge on any atom is -0.508 e. The summed E-state index contributed by atoms with van der Waals surface area (Å²) in [7, 11) is 0. The third kappa shape index (κ3) is 3.38. The van der Waals surface area contributed by atoms with Gasteiger partial charge in [0.2, 0.25) is 0 Å². The molecule has 3 heteroatoms. The molecule has 0 radical (unpaired) electrons. The Morgan fingerprint density at radius 1 is 1.05 bits per heavy atom. The number of carbonyl (C=O) groups is 1. The molecule has 0 aliphatic carbocycles. The molecular formula is C17H18O3. The molecule has 0 saturated carbocycles. The maximum atomic E-state index is 11.9. The van der Waals surface area contributed by atoms with Gasteiger partial charge in [0.25, 0.3) is 0 Å². The number of carbonyl (C=O) groups excluding carboxylic acids is 1. The summed E-state index contributed by atoms with van der Waals surface area (Å²) in [5.74, 6) is 0.0540. The van der Waals surface area contributed by atoms with Gasteiger partial charge >= 0.3 is 5.97 Å². The number of benzene rings is 2. The van der Waals surface area contributed by atoms with Gasteiger partial charge in [0.15, 0.2) is 0 Å². The largest absolute Gasteiger partial charge is 0.508 e. The first-order valence-corrected chi connectivity index (χ1v) is 6.48. The molecule has 1 N–H and O–H groups in total. The molecule has 0 spiro atoms. The van der Waals surface area contributed by atoms with E-state index in [2.05, 4.69) is 20.8 Å². The van der Waals surface area contributed by atoms with Gasteiger partial charge in [-0.1, -0.05) is 39.0 Å². The monoisotopic (exact) mass is 270 g/mol. The lowest BCUT2D eigenvalue weighted by atomic mass is 9.87. The first-order chi connectivity index (χ1) is 9.36. The Morgan fingerprint density at radius 2 is 1.70 bits per heavy atom. The Morgan fingerprint density at radius 3 is 2.25 bits per heavy atom. The summed E-state index contributed by atoms with van der Waals surface area (Å²) in [5.41, 5.74) is 1.56. The SMILES string of the molecule is CC(C)(C)c1ccc(OC(=O)c2cccc(O)c2)cc1. The van der Waals surface area contributed by atoms with Crippen molar-refractivity contribution in [2.24, 2.45) is 0 Å². The molecule has 0 saturated heterocycles. The van der Waals surface area contributed by atoms with Crippen LogP contribution in [0.1, 0.15) is 36.7 Å². The lowest BCUT2D eigenvalue weighted by Gasteiger charge is -2.19. The van der Waals surface area contributed by atoms with Crippen LogP contribution < -0.4 is 4.74 Å². The predicted octanol–water partition coefficient (Wildman–Crippen LogP) is 3.91. The second-order valence-electron chi connectivity index (χ2n) is 5.71. The number of ether oxygens (including phenoxy) is 1. The molecule has 0 aliphatic rings. The molecule has 0 amide bonds. The van der Waals surface area contributed by atoms with Crippen LogP contribution in [0.2, 0.25) is 0 Å². The number of phenols is 1. The van der Waals surface area contributed by atoms with Crippen molar-refractivity contribution < 1.29 is 14.6 Å². The van der Waals surface area contributed by atoms with Gasteiger partial charge < -0.3 is 9.84 Å². The molecule has 0 heterocycles. The number of aromatic hydroxyl groups is 1. The van der Waals surface area contributed by atoms with Crippen molar-refractivity contribution in [3.05, 3.63) is 59.7 Å². The molecule has 0 aromatic heterocycles. The Labute approximate surface area is 118 Å². The van der Waals surface area contributed by atoms with Gasteiger partial charge in [-0.25, -0.2) is 4.79 Å². The van der Waals surface area contributed by atoms with E-state index in [1.54, 1.807) is 24.3 Å². The Hall–Kier alpha value is -2.29. The fourth-order valence-electron chi connectivity index (χ4n) is 1.82. The van der Waals surface area contributed by atoms with E-state index in [9.17, 15) is 9.90 Å². The predicted molar refractivity (Wildman–Crippen MR) is 78.2 cm³/mol. The van der Waals surface area contributed by atoms with Crippen molar-refractivity contribution in [2.75, 3.05) is 0 Å². The van der Waals surface area contributed by atoms with Gasteiger partial charge in [0.05, 0.1) is 5.56 Å². The highest BCUT2D eigenvalue weighted by Crippen LogP contribution is 2.24. The highest BCUT2D eigenvalue weighted by molar-refractivity contribution is 5.91. The highest BCUT2D eigenvalue weighted by atomic mass is 16.5. The second kappa shape index (κ2) is 5.37. The molecule has 0 unspecified atom stereocenters. The number of hydrogen-bond acceptors (Lipinski definition) is 3. The average molecular weight is 270 g/mol. The molecule has 0 aliphatic heterocycles. The minimum absolute atomic E-state index is 0.0440. The standard InChI is InChI=1S/C17H18O3/c1-17(2,3)13-7-9-15(10-8-13)20-16(19)12-5-4-6-14(18)11-12/h4-11,18H,1-3H3. The van der Waals surface area contributed by atoms with Crippen molar-refractivity contribution in [3.8, 4) is 11.5 Å². The van der Waals surface area contributed by atoms with Crippen molar-refractivity contribution in [1.82, 2.24) is 0 Å². The minimum atomic E-state index is -0.482. The van der Waals surface area contributed by atoms with E-state index < -0.39 is 5.97 Å². The van der Waals surface area contributed by atoms with Crippen LogP contribution in [-0.2, 0) is 5.41 Å². The lowest BCUT2D eigenvalue weighted by Crippen LogP contribution is -2.11. The van der Waals surface area contributed by atoms with Crippen molar-refractivity contribution in [3.63, 3.8) is 0 Å². The van der Waals surface area contributed by atoms with Crippen LogP contribution in [0.15, 0.2) is 48.5 Å². The summed E-state index contributed by atoms with van der Waals surface area (Å²) in [5, 5.41) is 9.35. The fraction of sp³-hybridized carbons (Fsp3) is 0.235. The zero-order chi connectivity index (χ0) is 14.8. The quantitative estimate of drug-likeness (QED) is 0.664. The molecule has 2 rings (SSSR count). The summed E-state index contributed by atoms with van der Waals surface area (Å²) in [4.78, 5) is 11.9. The van der Waals surface area contributed by atoms with E-state index in [1.807, 2.05) is 12.1 Å². The molecule has 104 valence electrons. The molecule has 2 aromatic rings. The summed E-state index contributed by atoms with van der Waals surface area (Å²) >= 11 is 0. The smallest absolute Gasteiger partial charge is 0.343 e. The molecule has 20 heavy (non-hydrogen) atoms. The number of phenolic OH excluding ortho intramolecular Hbond substituents is 1. The average Bonchev–Trinajstić information content (AvgIpc) is 2.38. The van der Waals surface area contributed by atoms with Crippen molar-refractivity contribution in [1.29, 1.82) is 0 Å². The van der Waals surface area contributed by atoms with Gasteiger partial charge in [0, 0.05) is 0 Å². The van der Waals surface area contributed by atoms with Crippen LogP contribution in [0, 0.1) is 0 Å². The van der Waals surface area contributed by atoms with E-state index in [0.29, 0.717) is 11.3 Å². The lowest BCUT2D eigenvalue weighted by molar-refractivity contribution is 0.0734. The van der Waals surface area contributed by atoms with Crippen LogP contribution in [0.25, 0.3) is 0 Å². The maximum absolute atomic E-state index is 11.9. The summed E-state index contributed by atoms with van der Waals surface area (Å²) in [6.45, 7) is 6.38. The van der Waals surface area contributed by atoms with E-state index >= 15 is 0 Å². The third-order valence-corrected chi connectivity index (χ3v) is 3.01. The van der Waals surface area contributed by atoms with Gasteiger partial charge in [-0.3, -0.25) is 0 Å². The zero-order valence-corrected chi connectivity index (χ0v) is 11.9. The van der Waals surface area contributed by atoms with Crippen LogP contribution in [-0.4, -0.2) is 11.1 Å². The van der Waals surface area contributed by atoms with E-state index in [0.717, 1.165) is 0 Å². The first kappa shape index (κ1) is 14.1. The number of hydrogen-bond donors (Lipinski definition) is 1. The molecule has 0 fully saturated rings. The second-order valence-corrected chi connectivity index (χ2v) is 5.71. The highest BCUT2D eigenvalue weighted by Gasteiger charge is 2.14. The Bertz CT molecular complexity index is 607. The van der Waals surface area contributed by atoms with Crippen molar-refractivity contribution in [2.45, 2.75) is 26.2 Å². The van der Waals surface area contributed by atoms with Gasteiger partial charge in [0.1, 0.15) is 11.5 Å². The van der Waals surface area contributed by atoms with Crippen LogP contribution in [0.5, 0.6) is 11.5 Å². The Kier molecular flexibility index (Phi) is 3.79. The fourth-order valence-corrected chi connectivity index (χ4v) is 1.82. The molecule has 3 nitrogen and oxygen atoms in total. The summed E-state index contributed by atoms with van der Waals surface area (Å²) < 4.78 is 5.27. The molecule has 2 aromatic carbocycles. The summed E-state index contributed by atoms with van der Waals surface area (Å²) in [6.07, 6.45) is 0. The van der Waals surface area contributed by atoms with Crippen molar-refractivity contribution >= 4 is 5.97 Å². The number of esters is 1. The zero-order valence-electron chi connectivity index (χ0n) is 11.9. The van der Waals surface area contributed by atoms with E-state index in [4.69, 9.17) is 4.74 Å². The van der Waals surface area contributed by atoms with E-state index in [1.165, 1.54) is 17.7 Å². The summed E-state index contributed by atoms with van der Waals surface area (Å²) in [6, 6.07) is 13.6. The molecule has 0 atom stereocenters. The van der Waals surface area contributed by atoms with Crippen LogP contribution in [0.3, 0.4) is 0 Å². The van der Waals surface area contributed by atoms with Crippen LogP contribution in [0.4, 0.5) is 0 Å². The normalized spacial score (nSPS) is 11.2. The third-order valence-electron chi connectivity index (χ3n) is 3.01. The topological polar surface area (TPSA) is 46.5 Å². The van der Waals surface area contributed by atoms with Crippen LogP contribution >= 0.6 is 0 Å². The maximum Gasteiger partial charge on any atom is 0.343 e. The molecular weight excluding hydrogens is 252 g/mol. The van der Waals surface area contributed by atoms with Gasteiger partial charge in [-0.05, 0) is 41.3 Å². The Balaban J connectivity index is 2.12. The van der Waals surface area contributed by atoms with E-state index in [-0.39, 0.29) is 11.2 Å². The molecule has 0 bridgehead atoms. The first-order valence-electron chi connectivity index (χ1n) is 6.48. The van der Waals surface area contributed by atoms with Gasteiger partial charge in [-0.15, -0.1) is 0 Å². The number of rotatable bonds is 2.